The lowest BCUT2D eigenvalue weighted by atomic mass is 10.1. The summed E-state index contributed by atoms with van der Waals surface area (Å²) in [7, 11) is 0. The van der Waals surface area contributed by atoms with E-state index in [-0.39, 0.29) is 29.6 Å². The van der Waals surface area contributed by atoms with Crippen LogP contribution in [-0.4, -0.2) is 36.3 Å². The number of likely N-dealkylation sites (tertiary alicyclic amines) is 1. The summed E-state index contributed by atoms with van der Waals surface area (Å²) in [5.41, 5.74) is 0.161. The standard InChI is InChI=1S/C14H16FNO3/c1-10(17)12-8-11(15)4-5-13(12)19-9-14(18)16-6-2-3-7-16/h4-5,8H,2-3,6-7,9H2,1H3. The van der Waals surface area contributed by atoms with Crippen molar-refractivity contribution in [3.05, 3.63) is 29.6 Å². The monoisotopic (exact) mass is 265 g/mol. The van der Waals surface area contributed by atoms with Crippen LogP contribution < -0.4 is 4.74 Å². The average molecular weight is 265 g/mol. The summed E-state index contributed by atoms with van der Waals surface area (Å²) in [6.45, 7) is 2.73. The molecule has 0 radical (unpaired) electrons. The highest BCUT2D eigenvalue weighted by atomic mass is 19.1. The minimum atomic E-state index is -0.497. The first-order valence-electron chi connectivity index (χ1n) is 6.29. The zero-order valence-corrected chi connectivity index (χ0v) is 10.8. The van der Waals surface area contributed by atoms with Gasteiger partial charge in [0.1, 0.15) is 11.6 Å². The highest BCUT2D eigenvalue weighted by molar-refractivity contribution is 5.96. The summed E-state index contributed by atoms with van der Waals surface area (Å²) >= 11 is 0. The van der Waals surface area contributed by atoms with Gasteiger partial charge in [-0.25, -0.2) is 4.39 Å². The molecule has 102 valence electrons. The maximum absolute atomic E-state index is 13.1. The van der Waals surface area contributed by atoms with Gasteiger partial charge in [0.15, 0.2) is 12.4 Å². The van der Waals surface area contributed by atoms with E-state index >= 15 is 0 Å². The molecule has 0 saturated carbocycles. The van der Waals surface area contributed by atoms with Crippen LogP contribution in [0.15, 0.2) is 18.2 Å². The minimum absolute atomic E-state index is 0.101. The third-order valence-electron chi connectivity index (χ3n) is 3.13. The molecule has 0 bridgehead atoms. The van der Waals surface area contributed by atoms with Gasteiger partial charge in [-0.3, -0.25) is 9.59 Å². The first-order chi connectivity index (χ1) is 9.08. The minimum Gasteiger partial charge on any atom is -0.483 e. The van der Waals surface area contributed by atoms with Crippen LogP contribution in [0.1, 0.15) is 30.1 Å². The molecule has 0 N–H and O–H groups in total. The van der Waals surface area contributed by atoms with E-state index in [0.29, 0.717) is 0 Å². The van der Waals surface area contributed by atoms with E-state index in [2.05, 4.69) is 0 Å². The number of amides is 1. The van der Waals surface area contributed by atoms with Gasteiger partial charge < -0.3 is 9.64 Å². The number of benzene rings is 1. The second-order valence-corrected chi connectivity index (χ2v) is 4.57. The number of carbonyl (C=O) groups excluding carboxylic acids is 2. The average Bonchev–Trinajstić information content (AvgIpc) is 2.90. The molecule has 0 aliphatic carbocycles. The first kappa shape index (κ1) is 13.5. The van der Waals surface area contributed by atoms with Gasteiger partial charge in [-0.15, -0.1) is 0 Å². The normalized spacial score (nSPS) is 14.5. The number of Topliss-reactive ketones (excluding diaryl/α,β-unsaturated/α-hetero) is 1. The second kappa shape index (κ2) is 5.82. The second-order valence-electron chi connectivity index (χ2n) is 4.57. The molecule has 1 aromatic rings. The fourth-order valence-corrected chi connectivity index (χ4v) is 2.10. The Bertz CT molecular complexity index is 495. The van der Waals surface area contributed by atoms with Crippen molar-refractivity contribution in [2.24, 2.45) is 0 Å². The number of ether oxygens (including phenoxy) is 1. The number of ketones is 1. The van der Waals surface area contributed by atoms with Crippen molar-refractivity contribution in [3.8, 4) is 5.75 Å². The van der Waals surface area contributed by atoms with Crippen LogP contribution in [0.3, 0.4) is 0 Å². The molecule has 0 spiro atoms. The molecule has 0 unspecified atom stereocenters. The van der Waals surface area contributed by atoms with Crippen LogP contribution in [0.2, 0.25) is 0 Å². The van der Waals surface area contributed by atoms with Crippen LogP contribution in [0.4, 0.5) is 4.39 Å². The third-order valence-corrected chi connectivity index (χ3v) is 3.13. The third kappa shape index (κ3) is 3.30. The summed E-state index contributed by atoms with van der Waals surface area (Å²) in [5.74, 6) is -0.635. The number of nitrogens with zero attached hydrogens (tertiary/aromatic N) is 1. The SMILES string of the molecule is CC(=O)c1cc(F)ccc1OCC(=O)N1CCCC1. The lowest BCUT2D eigenvalue weighted by Gasteiger charge is -2.16. The zero-order chi connectivity index (χ0) is 13.8. The molecular weight excluding hydrogens is 249 g/mol. The maximum atomic E-state index is 13.1. The number of carbonyl (C=O) groups is 2. The summed E-state index contributed by atoms with van der Waals surface area (Å²) < 4.78 is 18.4. The van der Waals surface area contributed by atoms with Crippen LogP contribution in [0, 0.1) is 5.82 Å². The Hall–Kier alpha value is -1.91. The van der Waals surface area contributed by atoms with E-state index in [1.54, 1.807) is 4.90 Å². The Morgan fingerprint density at radius 1 is 1.32 bits per heavy atom. The Morgan fingerprint density at radius 3 is 2.63 bits per heavy atom. The predicted molar refractivity (Wildman–Crippen MR) is 67.7 cm³/mol. The number of rotatable bonds is 4. The van der Waals surface area contributed by atoms with E-state index in [4.69, 9.17) is 4.74 Å². The molecule has 1 amide bonds. The molecule has 1 aliphatic heterocycles. The number of halogens is 1. The molecule has 4 nitrogen and oxygen atoms in total. The molecule has 2 rings (SSSR count). The van der Waals surface area contributed by atoms with Crippen molar-refractivity contribution in [2.75, 3.05) is 19.7 Å². The largest absolute Gasteiger partial charge is 0.483 e. The molecule has 1 heterocycles. The Morgan fingerprint density at radius 2 is 2.00 bits per heavy atom. The van der Waals surface area contributed by atoms with E-state index in [9.17, 15) is 14.0 Å². The molecule has 1 fully saturated rings. The fourth-order valence-electron chi connectivity index (χ4n) is 2.10. The van der Waals surface area contributed by atoms with Gasteiger partial charge in [0.05, 0.1) is 5.56 Å². The lowest BCUT2D eigenvalue weighted by Crippen LogP contribution is -2.32. The van der Waals surface area contributed by atoms with Gasteiger partial charge in [0.25, 0.3) is 5.91 Å². The summed E-state index contributed by atoms with van der Waals surface area (Å²) in [4.78, 5) is 24.9. The van der Waals surface area contributed by atoms with E-state index in [1.165, 1.54) is 19.1 Å². The smallest absolute Gasteiger partial charge is 0.260 e. The maximum Gasteiger partial charge on any atom is 0.260 e. The Balaban J connectivity index is 2.02. The molecule has 1 aliphatic rings. The van der Waals surface area contributed by atoms with E-state index in [1.807, 2.05) is 0 Å². The van der Waals surface area contributed by atoms with Crippen LogP contribution in [-0.2, 0) is 4.79 Å². The predicted octanol–water partition coefficient (Wildman–Crippen LogP) is 2.03. The topological polar surface area (TPSA) is 46.6 Å². The van der Waals surface area contributed by atoms with E-state index < -0.39 is 5.82 Å². The quantitative estimate of drug-likeness (QED) is 0.782. The van der Waals surface area contributed by atoms with Gasteiger partial charge in [-0.2, -0.15) is 0 Å². The molecule has 0 aromatic heterocycles. The van der Waals surface area contributed by atoms with Gasteiger partial charge in [0.2, 0.25) is 0 Å². The summed E-state index contributed by atoms with van der Waals surface area (Å²) in [6.07, 6.45) is 2.03. The molecule has 5 heteroatoms. The highest BCUT2D eigenvalue weighted by Gasteiger charge is 2.19. The summed E-state index contributed by atoms with van der Waals surface area (Å²) in [5, 5.41) is 0. The number of hydrogen-bond donors (Lipinski definition) is 0. The van der Waals surface area contributed by atoms with Gasteiger partial charge in [0, 0.05) is 13.1 Å². The highest BCUT2D eigenvalue weighted by Crippen LogP contribution is 2.20. The van der Waals surface area contributed by atoms with Gasteiger partial charge in [-0.05, 0) is 38.0 Å². The molecule has 0 atom stereocenters. The summed E-state index contributed by atoms with van der Waals surface area (Å²) in [6, 6.07) is 3.71. The van der Waals surface area contributed by atoms with Crippen LogP contribution in [0.5, 0.6) is 5.75 Å². The van der Waals surface area contributed by atoms with Crippen LogP contribution >= 0.6 is 0 Å². The fraction of sp³-hybridized carbons (Fsp3) is 0.429. The van der Waals surface area contributed by atoms with Crippen molar-refractivity contribution in [3.63, 3.8) is 0 Å². The lowest BCUT2D eigenvalue weighted by molar-refractivity contribution is -0.132. The molecule has 1 saturated heterocycles. The van der Waals surface area contributed by atoms with Crippen molar-refractivity contribution >= 4 is 11.7 Å². The van der Waals surface area contributed by atoms with Gasteiger partial charge >= 0.3 is 0 Å². The van der Waals surface area contributed by atoms with Gasteiger partial charge in [-0.1, -0.05) is 0 Å². The van der Waals surface area contributed by atoms with Crippen molar-refractivity contribution in [1.82, 2.24) is 4.90 Å². The van der Waals surface area contributed by atoms with E-state index in [0.717, 1.165) is 32.0 Å². The molecule has 19 heavy (non-hydrogen) atoms. The molecule has 1 aromatic carbocycles. The number of hydrogen-bond acceptors (Lipinski definition) is 3. The van der Waals surface area contributed by atoms with Crippen LogP contribution in [0.25, 0.3) is 0 Å². The molecular formula is C14H16FNO3. The first-order valence-corrected chi connectivity index (χ1v) is 6.29. The van der Waals surface area contributed by atoms with Crippen molar-refractivity contribution in [2.45, 2.75) is 19.8 Å². The zero-order valence-electron chi connectivity index (χ0n) is 10.8. The van der Waals surface area contributed by atoms with Crippen molar-refractivity contribution in [1.29, 1.82) is 0 Å². The Kier molecular flexibility index (Phi) is 4.14. The Labute approximate surface area is 111 Å². The van der Waals surface area contributed by atoms with Crippen molar-refractivity contribution < 1.29 is 18.7 Å².